The van der Waals surface area contributed by atoms with E-state index in [0.29, 0.717) is 5.56 Å². The summed E-state index contributed by atoms with van der Waals surface area (Å²) >= 11 is 1.79. The minimum Gasteiger partial charge on any atom is -0.294 e. The molecule has 1 saturated carbocycles. The molecule has 1 aromatic carbocycles. The number of rotatable bonds is 2. The summed E-state index contributed by atoms with van der Waals surface area (Å²) < 4.78 is 13.0. The van der Waals surface area contributed by atoms with E-state index in [9.17, 15) is 19.7 Å². The van der Waals surface area contributed by atoms with Gasteiger partial charge in [-0.2, -0.15) is 22.3 Å². The highest BCUT2D eigenvalue weighted by Gasteiger charge is 2.80. The monoisotopic (exact) mass is 300 g/mol. The van der Waals surface area contributed by atoms with Crippen LogP contribution in [0.2, 0.25) is 0 Å². The van der Waals surface area contributed by atoms with Crippen molar-refractivity contribution >= 4 is 17.5 Å². The second-order valence-corrected chi connectivity index (χ2v) is 6.83. The lowest BCUT2D eigenvalue weighted by atomic mass is 9.89. The molecule has 2 fully saturated rings. The average Bonchev–Trinajstić information content (AvgIpc) is 3.08. The number of hydrogen-bond donors (Lipinski definition) is 0. The summed E-state index contributed by atoms with van der Waals surface area (Å²) in [5.74, 6) is 0.561. The van der Waals surface area contributed by atoms with E-state index >= 15 is 0 Å². The topological polar surface area (TPSA) is 64.7 Å². The number of carbonyl (C=O) groups excluding carboxylic acids is 1. The Labute approximate surface area is 126 Å². The summed E-state index contributed by atoms with van der Waals surface area (Å²) in [7, 11) is 0. The van der Waals surface area contributed by atoms with E-state index in [0.717, 1.165) is 24.3 Å². The van der Waals surface area contributed by atoms with Gasteiger partial charge in [0.2, 0.25) is 0 Å². The van der Waals surface area contributed by atoms with Gasteiger partial charge in [-0.15, -0.1) is 0 Å². The number of halogens is 1. The van der Waals surface area contributed by atoms with E-state index in [4.69, 9.17) is 0 Å². The first-order chi connectivity index (χ1) is 10.1. The smallest absolute Gasteiger partial charge is 0.169 e. The maximum atomic E-state index is 13.0. The highest BCUT2D eigenvalue weighted by Crippen LogP contribution is 2.74. The molecule has 0 aromatic heterocycles. The van der Waals surface area contributed by atoms with Crippen molar-refractivity contribution < 1.29 is 9.18 Å². The zero-order valence-electron chi connectivity index (χ0n) is 11.3. The predicted octanol–water partition coefficient (Wildman–Crippen LogP) is 3.19. The maximum absolute atomic E-state index is 13.0. The molecule has 21 heavy (non-hydrogen) atoms. The van der Waals surface area contributed by atoms with Crippen LogP contribution in [0.1, 0.15) is 23.2 Å². The van der Waals surface area contributed by atoms with E-state index in [-0.39, 0.29) is 5.78 Å². The lowest BCUT2D eigenvalue weighted by molar-refractivity contribution is 0.0943. The molecular formula is C16H13FN2OS. The number of benzene rings is 1. The lowest BCUT2D eigenvalue weighted by Gasteiger charge is -2.22. The fraction of sp³-hybridized carbons (Fsp3) is 0.438. The van der Waals surface area contributed by atoms with Gasteiger partial charge in [-0.1, -0.05) is 0 Å². The zero-order valence-corrected chi connectivity index (χ0v) is 12.1. The third-order valence-electron chi connectivity index (χ3n) is 4.82. The zero-order chi connectivity index (χ0) is 15.1. The van der Waals surface area contributed by atoms with E-state index in [1.165, 1.54) is 24.3 Å². The first kappa shape index (κ1) is 14.1. The van der Waals surface area contributed by atoms with Crippen LogP contribution in [0.15, 0.2) is 24.3 Å². The minimum absolute atomic E-state index is 0.204. The first-order valence-corrected chi connectivity index (χ1v) is 7.97. The van der Waals surface area contributed by atoms with Crippen molar-refractivity contribution in [3.8, 4) is 12.1 Å². The van der Waals surface area contributed by atoms with E-state index in [2.05, 4.69) is 12.1 Å². The molecule has 0 N–H and O–H groups in total. The van der Waals surface area contributed by atoms with Gasteiger partial charge in [0, 0.05) is 11.0 Å². The van der Waals surface area contributed by atoms with Crippen LogP contribution >= 0.6 is 11.8 Å². The molecule has 0 unspecified atom stereocenters. The number of thioether (sulfide) groups is 1. The highest BCUT2D eigenvalue weighted by molar-refractivity contribution is 7.99. The van der Waals surface area contributed by atoms with Crippen LogP contribution < -0.4 is 0 Å². The van der Waals surface area contributed by atoms with Crippen molar-refractivity contribution in [2.45, 2.75) is 12.8 Å². The Hall–Kier alpha value is -1.85. The molecule has 1 aromatic rings. The number of nitriles is 2. The van der Waals surface area contributed by atoms with Crippen LogP contribution in [-0.2, 0) is 0 Å². The van der Waals surface area contributed by atoms with Crippen molar-refractivity contribution in [2.24, 2.45) is 16.7 Å². The molecule has 0 amide bonds. The van der Waals surface area contributed by atoms with Crippen molar-refractivity contribution in [3.63, 3.8) is 0 Å². The van der Waals surface area contributed by atoms with Crippen LogP contribution in [0.25, 0.3) is 0 Å². The quantitative estimate of drug-likeness (QED) is 0.787. The summed E-state index contributed by atoms with van der Waals surface area (Å²) in [5, 5.41) is 19.0. The van der Waals surface area contributed by atoms with Gasteiger partial charge < -0.3 is 0 Å². The molecule has 0 bridgehead atoms. The number of Topliss-reactive ketones (excluding diaryl/α,β-unsaturated/α-hetero) is 1. The van der Waals surface area contributed by atoms with Crippen LogP contribution in [0, 0.1) is 45.2 Å². The summed E-state index contributed by atoms with van der Waals surface area (Å²) in [4.78, 5) is 12.7. The van der Waals surface area contributed by atoms with Crippen LogP contribution in [0.5, 0.6) is 0 Å². The molecular weight excluding hydrogens is 287 g/mol. The summed E-state index contributed by atoms with van der Waals surface area (Å²) in [6, 6.07) is 9.55. The van der Waals surface area contributed by atoms with Crippen LogP contribution in [-0.4, -0.2) is 17.3 Å². The SMILES string of the molecule is N#CC1(C#N)[C@H](C(=O)c2ccc(F)cc2)C12CCSCC2. The summed E-state index contributed by atoms with van der Waals surface area (Å²) in [5.41, 5.74) is -1.33. The number of ketones is 1. The minimum atomic E-state index is -1.21. The predicted molar refractivity (Wildman–Crippen MR) is 76.9 cm³/mol. The molecule has 0 radical (unpaired) electrons. The molecule has 1 spiro atoms. The Morgan fingerprint density at radius 1 is 1.19 bits per heavy atom. The third-order valence-corrected chi connectivity index (χ3v) is 5.80. The molecule has 2 aliphatic rings. The van der Waals surface area contributed by atoms with Gasteiger partial charge in [0.1, 0.15) is 5.82 Å². The van der Waals surface area contributed by atoms with Crippen LogP contribution in [0.3, 0.4) is 0 Å². The van der Waals surface area contributed by atoms with Gasteiger partial charge in [0.05, 0.1) is 18.1 Å². The molecule has 1 saturated heterocycles. The summed E-state index contributed by atoms with van der Waals surface area (Å²) in [6.45, 7) is 0. The standard InChI is InChI=1S/C16H13FN2OS/c17-12-3-1-11(2-4-12)13(20)14-15(5-7-21-8-6-15)16(14,9-18)10-19/h1-4,14H,5-8H2/t14-/m1/s1. The fourth-order valence-corrected chi connectivity index (χ4v) is 4.84. The average molecular weight is 300 g/mol. The molecule has 5 heteroatoms. The third kappa shape index (κ3) is 1.81. The molecule has 1 aliphatic carbocycles. The second-order valence-electron chi connectivity index (χ2n) is 5.60. The first-order valence-electron chi connectivity index (χ1n) is 6.81. The fourth-order valence-electron chi connectivity index (χ4n) is 3.62. The van der Waals surface area contributed by atoms with Gasteiger partial charge in [0.25, 0.3) is 0 Å². The Bertz CT molecular complexity index is 651. The lowest BCUT2D eigenvalue weighted by Crippen LogP contribution is -2.19. The Morgan fingerprint density at radius 2 is 1.76 bits per heavy atom. The van der Waals surface area contributed by atoms with Gasteiger partial charge >= 0.3 is 0 Å². The van der Waals surface area contributed by atoms with Crippen molar-refractivity contribution in [3.05, 3.63) is 35.6 Å². The molecule has 1 heterocycles. The number of carbonyl (C=O) groups is 1. The summed E-state index contributed by atoms with van der Waals surface area (Å²) in [6.07, 6.45) is 1.44. The van der Waals surface area contributed by atoms with Gasteiger partial charge in [0.15, 0.2) is 11.2 Å². The number of hydrogen-bond acceptors (Lipinski definition) is 4. The largest absolute Gasteiger partial charge is 0.294 e. The second kappa shape index (κ2) is 4.86. The van der Waals surface area contributed by atoms with Gasteiger partial charge in [-0.3, -0.25) is 4.79 Å². The normalized spacial score (nSPS) is 24.8. The van der Waals surface area contributed by atoms with E-state index in [1.54, 1.807) is 11.8 Å². The molecule has 106 valence electrons. The van der Waals surface area contributed by atoms with Crippen molar-refractivity contribution in [2.75, 3.05) is 11.5 Å². The van der Waals surface area contributed by atoms with Crippen molar-refractivity contribution in [1.29, 1.82) is 10.5 Å². The molecule has 3 nitrogen and oxygen atoms in total. The molecule has 3 rings (SSSR count). The van der Waals surface area contributed by atoms with Crippen LogP contribution in [0.4, 0.5) is 4.39 Å². The van der Waals surface area contributed by atoms with Gasteiger partial charge in [-0.25, -0.2) is 4.39 Å². The number of nitrogens with zero attached hydrogens (tertiary/aromatic N) is 2. The molecule has 1 atom stereocenters. The maximum Gasteiger partial charge on any atom is 0.169 e. The van der Waals surface area contributed by atoms with E-state index < -0.39 is 22.6 Å². The Kier molecular flexibility index (Phi) is 3.26. The Morgan fingerprint density at radius 3 is 2.29 bits per heavy atom. The molecule has 1 aliphatic heterocycles. The van der Waals surface area contributed by atoms with Crippen molar-refractivity contribution in [1.82, 2.24) is 0 Å². The Balaban J connectivity index is 1.97. The highest BCUT2D eigenvalue weighted by atomic mass is 32.2. The van der Waals surface area contributed by atoms with E-state index in [1.807, 2.05) is 0 Å². The van der Waals surface area contributed by atoms with Gasteiger partial charge in [-0.05, 0) is 48.6 Å².